The molecule has 21 heavy (non-hydrogen) atoms. The van der Waals surface area contributed by atoms with Gasteiger partial charge in [0.2, 0.25) is 0 Å². The molecule has 0 bridgehead atoms. The first-order valence-corrected chi connectivity index (χ1v) is 6.93. The van der Waals surface area contributed by atoms with Gasteiger partial charge in [-0.1, -0.05) is 28.1 Å². The lowest BCUT2D eigenvalue weighted by atomic mass is 10.1. The third-order valence-electron chi connectivity index (χ3n) is 2.90. The van der Waals surface area contributed by atoms with Gasteiger partial charge < -0.3 is 10.1 Å². The van der Waals surface area contributed by atoms with Crippen molar-refractivity contribution < 1.29 is 17.9 Å². The molecule has 0 atom stereocenters. The van der Waals surface area contributed by atoms with E-state index in [-0.39, 0.29) is 11.4 Å². The van der Waals surface area contributed by atoms with Gasteiger partial charge in [-0.05, 0) is 35.9 Å². The van der Waals surface area contributed by atoms with Crippen molar-refractivity contribution in [2.75, 3.05) is 12.4 Å². The third kappa shape index (κ3) is 4.14. The third-order valence-corrected chi connectivity index (χ3v) is 3.40. The zero-order chi connectivity index (χ0) is 15.5. The summed E-state index contributed by atoms with van der Waals surface area (Å²) in [7, 11) is 1.34. The lowest BCUT2D eigenvalue weighted by Gasteiger charge is -2.16. The fraction of sp³-hybridized carbons (Fsp3) is 0.200. The van der Waals surface area contributed by atoms with E-state index in [1.165, 1.54) is 19.2 Å². The predicted octanol–water partition coefficient (Wildman–Crippen LogP) is 5.09. The number of halogens is 4. The Hall–Kier alpha value is -1.69. The highest BCUT2D eigenvalue weighted by atomic mass is 79.9. The van der Waals surface area contributed by atoms with Crippen LogP contribution in [0.1, 0.15) is 11.1 Å². The van der Waals surface area contributed by atoms with Gasteiger partial charge in [0.25, 0.3) is 0 Å². The zero-order valence-corrected chi connectivity index (χ0v) is 12.8. The Morgan fingerprint density at radius 1 is 1.14 bits per heavy atom. The Balaban J connectivity index is 2.23. The highest BCUT2D eigenvalue weighted by molar-refractivity contribution is 9.10. The Bertz CT molecular complexity index is 629. The Morgan fingerprint density at radius 3 is 2.52 bits per heavy atom. The SMILES string of the molecule is COc1ccc(NCc2cccc(Br)c2)c(C(F)(F)F)c1. The van der Waals surface area contributed by atoms with Crippen LogP contribution in [-0.2, 0) is 12.7 Å². The predicted molar refractivity (Wildman–Crippen MR) is 79.5 cm³/mol. The van der Waals surface area contributed by atoms with E-state index in [1.807, 2.05) is 24.3 Å². The van der Waals surface area contributed by atoms with E-state index < -0.39 is 11.7 Å². The Labute approximate surface area is 129 Å². The second kappa shape index (κ2) is 6.39. The summed E-state index contributed by atoms with van der Waals surface area (Å²) >= 11 is 3.33. The average Bonchev–Trinajstić information content (AvgIpc) is 2.44. The number of rotatable bonds is 4. The summed E-state index contributed by atoms with van der Waals surface area (Å²) in [5.74, 6) is 0.176. The highest BCUT2D eigenvalue weighted by Crippen LogP contribution is 2.37. The summed E-state index contributed by atoms with van der Waals surface area (Å²) in [6, 6.07) is 11.2. The topological polar surface area (TPSA) is 21.3 Å². The van der Waals surface area contributed by atoms with Crippen molar-refractivity contribution in [1.82, 2.24) is 0 Å². The van der Waals surface area contributed by atoms with E-state index in [4.69, 9.17) is 4.74 Å². The minimum absolute atomic E-state index is 0.0308. The van der Waals surface area contributed by atoms with Crippen LogP contribution in [0.15, 0.2) is 46.9 Å². The van der Waals surface area contributed by atoms with Gasteiger partial charge in [0.15, 0.2) is 0 Å². The molecule has 0 saturated carbocycles. The van der Waals surface area contributed by atoms with Crippen LogP contribution in [0.5, 0.6) is 5.75 Å². The Kier molecular flexibility index (Phi) is 4.77. The molecular weight excluding hydrogens is 347 g/mol. The first-order chi connectivity index (χ1) is 9.90. The van der Waals surface area contributed by atoms with Crippen molar-refractivity contribution in [2.24, 2.45) is 0 Å². The molecule has 0 aliphatic rings. The fourth-order valence-electron chi connectivity index (χ4n) is 1.88. The number of methoxy groups -OCH3 is 1. The van der Waals surface area contributed by atoms with E-state index in [2.05, 4.69) is 21.2 Å². The molecule has 2 nitrogen and oxygen atoms in total. The van der Waals surface area contributed by atoms with Crippen LogP contribution in [0.4, 0.5) is 18.9 Å². The number of ether oxygens (including phenoxy) is 1. The molecule has 0 aliphatic carbocycles. The monoisotopic (exact) mass is 359 g/mol. The molecule has 0 saturated heterocycles. The van der Waals surface area contributed by atoms with E-state index in [0.717, 1.165) is 16.1 Å². The molecule has 0 fully saturated rings. The van der Waals surface area contributed by atoms with Crippen molar-refractivity contribution in [3.8, 4) is 5.75 Å². The van der Waals surface area contributed by atoms with E-state index >= 15 is 0 Å². The molecule has 0 radical (unpaired) electrons. The molecule has 0 aromatic heterocycles. The van der Waals surface area contributed by atoms with Gasteiger partial charge in [0.05, 0.1) is 12.7 Å². The van der Waals surface area contributed by atoms with Crippen LogP contribution >= 0.6 is 15.9 Å². The van der Waals surface area contributed by atoms with Crippen LogP contribution in [0.25, 0.3) is 0 Å². The summed E-state index contributed by atoms with van der Waals surface area (Å²) in [5, 5.41) is 2.82. The molecule has 0 unspecified atom stereocenters. The molecule has 0 aliphatic heterocycles. The summed E-state index contributed by atoms with van der Waals surface area (Å²) < 4.78 is 44.9. The first-order valence-electron chi connectivity index (χ1n) is 6.13. The molecule has 1 N–H and O–H groups in total. The molecule has 6 heteroatoms. The van der Waals surface area contributed by atoms with Crippen LogP contribution in [0.3, 0.4) is 0 Å². The molecule has 0 amide bonds. The second-order valence-electron chi connectivity index (χ2n) is 4.39. The van der Waals surface area contributed by atoms with Gasteiger partial charge in [-0.25, -0.2) is 0 Å². The van der Waals surface area contributed by atoms with E-state index in [9.17, 15) is 13.2 Å². The zero-order valence-electron chi connectivity index (χ0n) is 11.2. The smallest absolute Gasteiger partial charge is 0.418 e. The van der Waals surface area contributed by atoms with Gasteiger partial charge in [-0.15, -0.1) is 0 Å². The number of anilines is 1. The number of hydrogen-bond donors (Lipinski definition) is 1. The highest BCUT2D eigenvalue weighted by Gasteiger charge is 2.34. The van der Waals surface area contributed by atoms with Crippen LogP contribution < -0.4 is 10.1 Å². The van der Waals surface area contributed by atoms with Crippen molar-refractivity contribution in [1.29, 1.82) is 0 Å². The fourth-order valence-corrected chi connectivity index (χ4v) is 2.33. The maximum absolute atomic E-state index is 13.1. The molecule has 0 heterocycles. The normalized spacial score (nSPS) is 11.3. The maximum Gasteiger partial charge on any atom is 0.418 e. The van der Waals surface area contributed by atoms with Gasteiger partial charge in [-0.2, -0.15) is 13.2 Å². The Morgan fingerprint density at radius 2 is 1.90 bits per heavy atom. The summed E-state index contributed by atoms with van der Waals surface area (Å²) in [4.78, 5) is 0. The van der Waals surface area contributed by atoms with Crippen molar-refractivity contribution in [3.63, 3.8) is 0 Å². The van der Waals surface area contributed by atoms with Crippen molar-refractivity contribution in [3.05, 3.63) is 58.1 Å². The average molecular weight is 360 g/mol. The summed E-state index contributed by atoms with van der Waals surface area (Å²) in [5.41, 5.74) is 0.174. The number of hydrogen-bond acceptors (Lipinski definition) is 2. The maximum atomic E-state index is 13.1. The largest absolute Gasteiger partial charge is 0.497 e. The van der Waals surface area contributed by atoms with E-state index in [1.54, 1.807) is 0 Å². The lowest BCUT2D eigenvalue weighted by molar-refractivity contribution is -0.137. The lowest BCUT2D eigenvalue weighted by Crippen LogP contribution is -2.11. The quantitative estimate of drug-likeness (QED) is 0.820. The molecule has 0 spiro atoms. The van der Waals surface area contributed by atoms with Gasteiger partial charge >= 0.3 is 6.18 Å². The molecule has 112 valence electrons. The molecule has 2 aromatic carbocycles. The van der Waals surface area contributed by atoms with Crippen LogP contribution in [0.2, 0.25) is 0 Å². The molecule has 2 rings (SSSR count). The van der Waals surface area contributed by atoms with Gasteiger partial charge in [0, 0.05) is 16.7 Å². The van der Waals surface area contributed by atoms with Gasteiger partial charge in [0.1, 0.15) is 5.75 Å². The van der Waals surface area contributed by atoms with Crippen LogP contribution in [-0.4, -0.2) is 7.11 Å². The van der Waals surface area contributed by atoms with E-state index in [0.29, 0.717) is 6.54 Å². The number of nitrogens with one attached hydrogen (secondary N) is 1. The minimum Gasteiger partial charge on any atom is -0.497 e. The summed E-state index contributed by atoms with van der Waals surface area (Å²) in [6.07, 6.45) is -4.44. The minimum atomic E-state index is -4.44. The van der Waals surface area contributed by atoms with Crippen LogP contribution in [0, 0.1) is 0 Å². The second-order valence-corrected chi connectivity index (χ2v) is 5.31. The number of benzene rings is 2. The van der Waals surface area contributed by atoms with Gasteiger partial charge in [-0.3, -0.25) is 0 Å². The summed E-state index contributed by atoms with van der Waals surface area (Å²) in [6.45, 7) is 0.300. The molecular formula is C15H13BrF3NO. The van der Waals surface area contributed by atoms with Crippen molar-refractivity contribution in [2.45, 2.75) is 12.7 Å². The van der Waals surface area contributed by atoms with Crippen molar-refractivity contribution >= 4 is 21.6 Å². The number of alkyl halides is 3. The molecule has 2 aromatic rings. The first kappa shape index (κ1) is 15.7. The standard InChI is InChI=1S/C15H13BrF3NO/c1-21-12-5-6-14(13(8-12)15(17,18)19)20-9-10-3-2-4-11(16)7-10/h2-8,20H,9H2,1H3.